The number of amides is 1. The largest absolute Gasteiger partial charge is 0.364 e. The number of nitrogens with zero attached hydrogens (tertiary/aromatic N) is 2. The van der Waals surface area contributed by atoms with Gasteiger partial charge in [0.25, 0.3) is 5.91 Å². The Labute approximate surface area is 118 Å². The molecule has 6 heteroatoms. The Morgan fingerprint density at radius 1 is 1.35 bits per heavy atom. The summed E-state index contributed by atoms with van der Waals surface area (Å²) in [4.78, 5) is 31.2. The lowest BCUT2D eigenvalue weighted by Gasteiger charge is -2.21. The van der Waals surface area contributed by atoms with E-state index >= 15 is 0 Å². The molecule has 1 aromatic heterocycles. The Bertz CT molecular complexity index is 526. The average molecular weight is 278 g/mol. The fourth-order valence-electron chi connectivity index (χ4n) is 2.49. The summed E-state index contributed by atoms with van der Waals surface area (Å²) in [5.41, 5.74) is 6.33. The van der Waals surface area contributed by atoms with Crippen LogP contribution in [-0.4, -0.2) is 60.0 Å². The van der Waals surface area contributed by atoms with E-state index in [-0.39, 0.29) is 16.9 Å². The van der Waals surface area contributed by atoms with Crippen molar-refractivity contribution in [3.8, 4) is 0 Å². The molecule has 0 radical (unpaired) electrons. The van der Waals surface area contributed by atoms with Crippen molar-refractivity contribution in [1.29, 1.82) is 0 Å². The van der Waals surface area contributed by atoms with E-state index in [0.29, 0.717) is 19.6 Å². The van der Waals surface area contributed by atoms with Crippen LogP contribution in [0.5, 0.6) is 0 Å². The van der Waals surface area contributed by atoms with Crippen molar-refractivity contribution in [1.82, 2.24) is 14.8 Å². The Balaban J connectivity index is 2.07. The minimum absolute atomic E-state index is 0.180. The third-order valence-electron chi connectivity index (χ3n) is 3.61. The Morgan fingerprint density at radius 3 is 2.85 bits per heavy atom. The number of pyridine rings is 1. The molecule has 1 aliphatic heterocycles. The molecule has 1 saturated heterocycles. The summed E-state index contributed by atoms with van der Waals surface area (Å²) in [6.45, 7) is 6.38. The summed E-state index contributed by atoms with van der Waals surface area (Å²) >= 11 is 0. The summed E-state index contributed by atoms with van der Waals surface area (Å²) in [6, 6.07) is 1.46. The van der Waals surface area contributed by atoms with E-state index < -0.39 is 0 Å². The van der Waals surface area contributed by atoms with Gasteiger partial charge in [-0.25, -0.2) is 0 Å². The van der Waals surface area contributed by atoms with Gasteiger partial charge < -0.3 is 20.5 Å². The SMILES string of the molecule is Cc1cc(=O)c(C(=O)N2CCCN(CCN)CC2)c[nH]1. The molecule has 1 aliphatic rings. The molecule has 20 heavy (non-hydrogen) atoms. The first kappa shape index (κ1) is 14.7. The Kier molecular flexibility index (Phi) is 4.92. The second-order valence-corrected chi connectivity index (χ2v) is 5.17. The van der Waals surface area contributed by atoms with Gasteiger partial charge in [-0.15, -0.1) is 0 Å². The number of hydrogen-bond acceptors (Lipinski definition) is 4. The lowest BCUT2D eigenvalue weighted by atomic mass is 10.2. The zero-order valence-corrected chi connectivity index (χ0v) is 11.9. The molecule has 1 amide bonds. The maximum atomic E-state index is 12.4. The van der Waals surface area contributed by atoms with E-state index in [1.165, 1.54) is 12.3 Å². The normalized spacial score (nSPS) is 17.0. The van der Waals surface area contributed by atoms with Crippen LogP contribution in [0.15, 0.2) is 17.1 Å². The molecule has 1 aromatic rings. The number of carbonyl (C=O) groups excluding carboxylic acids is 1. The average Bonchev–Trinajstić information content (AvgIpc) is 2.64. The van der Waals surface area contributed by atoms with Crippen LogP contribution in [0.3, 0.4) is 0 Å². The molecule has 110 valence electrons. The third-order valence-corrected chi connectivity index (χ3v) is 3.61. The van der Waals surface area contributed by atoms with Crippen LogP contribution >= 0.6 is 0 Å². The number of aryl methyl sites for hydroxylation is 1. The predicted octanol–water partition coefficient (Wildman–Crippen LogP) is -0.210. The molecule has 2 rings (SSSR count). The van der Waals surface area contributed by atoms with E-state index in [9.17, 15) is 9.59 Å². The first-order valence-electron chi connectivity index (χ1n) is 7.03. The predicted molar refractivity (Wildman–Crippen MR) is 77.8 cm³/mol. The van der Waals surface area contributed by atoms with Gasteiger partial charge in [-0.3, -0.25) is 9.59 Å². The zero-order chi connectivity index (χ0) is 14.5. The molecule has 2 heterocycles. The highest BCUT2D eigenvalue weighted by molar-refractivity contribution is 5.93. The standard InChI is InChI=1S/C14H22N4O2/c1-11-9-13(19)12(10-16-11)14(20)18-5-2-4-17(6-3-15)7-8-18/h9-10H,2-8,15H2,1H3,(H,16,19). The van der Waals surface area contributed by atoms with E-state index in [0.717, 1.165) is 31.7 Å². The van der Waals surface area contributed by atoms with Crippen molar-refractivity contribution in [2.45, 2.75) is 13.3 Å². The van der Waals surface area contributed by atoms with E-state index in [2.05, 4.69) is 9.88 Å². The molecule has 3 N–H and O–H groups in total. The molecular weight excluding hydrogens is 256 g/mol. The van der Waals surface area contributed by atoms with Crippen molar-refractivity contribution >= 4 is 5.91 Å². The topological polar surface area (TPSA) is 82.4 Å². The molecule has 1 fully saturated rings. The number of H-pyrrole nitrogens is 1. The second kappa shape index (κ2) is 6.67. The van der Waals surface area contributed by atoms with Crippen LogP contribution in [0, 0.1) is 6.92 Å². The molecule has 0 atom stereocenters. The van der Waals surface area contributed by atoms with Gasteiger partial charge in [-0.1, -0.05) is 0 Å². The van der Waals surface area contributed by atoms with Crippen molar-refractivity contribution in [3.63, 3.8) is 0 Å². The van der Waals surface area contributed by atoms with Gasteiger partial charge >= 0.3 is 0 Å². The van der Waals surface area contributed by atoms with Gasteiger partial charge in [-0.05, 0) is 19.9 Å². The van der Waals surface area contributed by atoms with Crippen LogP contribution in [-0.2, 0) is 0 Å². The van der Waals surface area contributed by atoms with Gasteiger partial charge in [0.05, 0.1) is 0 Å². The molecule has 0 aromatic carbocycles. The number of carbonyl (C=O) groups is 1. The maximum Gasteiger partial charge on any atom is 0.259 e. The maximum absolute atomic E-state index is 12.4. The molecule has 0 unspecified atom stereocenters. The van der Waals surface area contributed by atoms with Gasteiger partial charge in [0.1, 0.15) is 5.56 Å². The molecule has 0 saturated carbocycles. The van der Waals surface area contributed by atoms with Crippen molar-refractivity contribution in [2.24, 2.45) is 5.73 Å². The summed E-state index contributed by atoms with van der Waals surface area (Å²) in [6.07, 6.45) is 2.43. The monoisotopic (exact) mass is 278 g/mol. The highest BCUT2D eigenvalue weighted by atomic mass is 16.2. The lowest BCUT2D eigenvalue weighted by molar-refractivity contribution is 0.0760. The van der Waals surface area contributed by atoms with Crippen molar-refractivity contribution < 1.29 is 4.79 Å². The van der Waals surface area contributed by atoms with Crippen LogP contribution in [0.4, 0.5) is 0 Å². The first-order valence-corrected chi connectivity index (χ1v) is 7.03. The van der Waals surface area contributed by atoms with Gasteiger partial charge in [0.2, 0.25) is 0 Å². The van der Waals surface area contributed by atoms with E-state index in [1.807, 2.05) is 0 Å². The molecule has 0 aliphatic carbocycles. The van der Waals surface area contributed by atoms with Gasteiger partial charge in [0.15, 0.2) is 5.43 Å². The highest BCUT2D eigenvalue weighted by Gasteiger charge is 2.21. The second-order valence-electron chi connectivity index (χ2n) is 5.17. The quantitative estimate of drug-likeness (QED) is 0.801. The molecular formula is C14H22N4O2. The van der Waals surface area contributed by atoms with Crippen LogP contribution in [0.2, 0.25) is 0 Å². The number of rotatable bonds is 3. The highest BCUT2D eigenvalue weighted by Crippen LogP contribution is 2.06. The zero-order valence-electron chi connectivity index (χ0n) is 11.9. The molecule has 0 spiro atoms. The number of aromatic nitrogens is 1. The van der Waals surface area contributed by atoms with E-state index in [1.54, 1.807) is 11.8 Å². The first-order chi connectivity index (χ1) is 9.61. The summed E-state index contributed by atoms with van der Waals surface area (Å²) in [5.74, 6) is -0.180. The van der Waals surface area contributed by atoms with Gasteiger partial charge in [0, 0.05) is 50.7 Å². The summed E-state index contributed by atoms with van der Waals surface area (Å²) in [7, 11) is 0. The summed E-state index contributed by atoms with van der Waals surface area (Å²) < 4.78 is 0. The smallest absolute Gasteiger partial charge is 0.259 e. The minimum Gasteiger partial charge on any atom is -0.364 e. The number of nitrogens with two attached hydrogens (primary N) is 1. The minimum atomic E-state index is -0.214. The Morgan fingerprint density at radius 2 is 2.15 bits per heavy atom. The van der Waals surface area contributed by atoms with Gasteiger partial charge in [-0.2, -0.15) is 0 Å². The number of aromatic amines is 1. The van der Waals surface area contributed by atoms with Crippen molar-refractivity contribution in [2.75, 3.05) is 39.3 Å². The fourth-order valence-corrected chi connectivity index (χ4v) is 2.49. The van der Waals surface area contributed by atoms with Crippen molar-refractivity contribution in [3.05, 3.63) is 33.7 Å². The fraction of sp³-hybridized carbons (Fsp3) is 0.571. The Hall–Kier alpha value is -1.66. The molecule has 6 nitrogen and oxygen atoms in total. The summed E-state index contributed by atoms with van der Waals surface area (Å²) in [5, 5.41) is 0. The van der Waals surface area contributed by atoms with Crippen LogP contribution < -0.4 is 11.2 Å². The van der Waals surface area contributed by atoms with Crippen LogP contribution in [0.25, 0.3) is 0 Å². The van der Waals surface area contributed by atoms with Crippen LogP contribution in [0.1, 0.15) is 22.5 Å². The third kappa shape index (κ3) is 3.46. The van der Waals surface area contributed by atoms with E-state index in [4.69, 9.17) is 5.73 Å². The lowest BCUT2D eigenvalue weighted by Crippen LogP contribution is -2.38. The number of hydrogen-bond donors (Lipinski definition) is 2. The number of nitrogens with one attached hydrogen (secondary N) is 1. The molecule has 0 bridgehead atoms.